The summed E-state index contributed by atoms with van der Waals surface area (Å²) in [7, 11) is 4.26. The third-order valence-electron chi connectivity index (χ3n) is 4.81. The quantitative estimate of drug-likeness (QED) is 0.244. The maximum absolute atomic E-state index is 6.13. The summed E-state index contributed by atoms with van der Waals surface area (Å²) in [5.41, 5.74) is 1.12. The van der Waals surface area contributed by atoms with Crippen LogP contribution in [0, 0.1) is 0 Å². The molecule has 0 spiro atoms. The van der Waals surface area contributed by atoms with Crippen molar-refractivity contribution in [3.63, 3.8) is 0 Å². The molecule has 28 heavy (non-hydrogen) atoms. The lowest BCUT2D eigenvalue weighted by molar-refractivity contribution is 0.275. The molecule has 0 unspecified atom stereocenters. The van der Waals surface area contributed by atoms with Gasteiger partial charge in [-0.15, -0.1) is 24.0 Å². The molecule has 0 atom stereocenters. The number of aliphatic imine (C=N–C) groups is 1. The van der Waals surface area contributed by atoms with E-state index in [-0.39, 0.29) is 24.0 Å². The van der Waals surface area contributed by atoms with Crippen molar-refractivity contribution in [1.29, 1.82) is 0 Å². The summed E-state index contributed by atoms with van der Waals surface area (Å²) >= 11 is 12.1. The second-order valence-corrected chi connectivity index (χ2v) is 8.01. The van der Waals surface area contributed by atoms with Gasteiger partial charge in [0.2, 0.25) is 0 Å². The molecule has 1 heterocycles. The van der Waals surface area contributed by atoms with Gasteiger partial charge in [-0.05, 0) is 64.1 Å². The maximum atomic E-state index is 6.13. The molecule has 1 aliphatic rings. The van der Waals surface area contributed by atoms with E-state index < -0.39 is 0 Å². The zero-order chi connectivity index (χ0) is 19.6. The second-order valence-electron chi connectivity index (χ2n) is 7.19. The van der Waals surface area contributed by atoms with Crippen molar-refractivity contribution in [2.75, 3.05) is 59.9 Å². The van der Waals surface area contributed by atoms with Crippen LogP contribution in [0.2, 0.25) is 10.0 Å². The van der Waals surface area contributed by atoms with Crippen LogP contribution in [0.1, 0.15) is 25.3 Å². The molecule has 160 valence electrons. The lowest BCUT2D eigenvalue weighted by Crippen LogP contribution is -2.38. The molecule has 0 bridgehead atoms. The molecule has 0 saturated carbocycles. The van der Waals surface area contributed by atoms with Gasteiger partial charge in [0.25, 0.3) is 0 Å². The van der Waals surface area contributed by atoms with E-state index in [2.05, 4.69) is 41.0 Å². The Labute approximate surface area is 197 Å². The topological polar surface area (TPSA) is 34.1 Å². The van der Waals surface area contributed by atoms with Gasteiger partial charge in [0.05, 0.1) is 10.0 Å². The number of nitrogens with one attached hydrogen (secondary N) is 1. The van der Waals surface area contributed by atoms with Crippen molar-refractivity contribution in [2.24, 2.45) is 4.99 Å². The number of benzene rings is 1. The van der Waals surface area contributed by atoms with Crippen LogP contribution >= 0.6 is 47.2 Å². The number of hydrogen-bond donors (Lipinski definition) is 1. The van der Waals surface area contributed by atoms with E-state index in [1.54, 1.807) is 0 Å². The Bertz CT molecular complexity index is 614. The summed E-state index contributed by atoms with van der Waals surface area (Å²) in [5.74, 6) is 0.930. The summed E-state index contributed by atoms with van der Waals surface area (Å²) in [5, 5.41) is 4.56. The largest absolute Gasteiger partial charge is 0.357 e. The number of rotatable bonds is 7. The average molecular weight is 542 g/mol. The molecule has 0 aliphatic carbocycles. The molecule has 0 amide bonds. The summed E-state index contributed by atoms with van der Waals surface area (Å²) < 4.78 is 0. The van der Waals surface area contributed by atoms with Crippen LogP contribution < -0.4 is 5.32 Å². The minimum Gasteiger partial charge on any atom is -0.357 e. The summed E-state index contributed by atoms with van der Waals surface area (Å²) in [4.78, 5) is 11.9. The van der Waals surface area contributed by atoms with Gasteiger partial charge < -0.3 is 20.0 Å². The Balaban J connectivity index is 0.00000392. The number of halogens is 3. The summed E-state index contributed by atoms with van der Waals surface area (Å²) in [6.07, 6.45) is 2.34. The first-order valence-corrected chi connectivity index (χ1v) is 10.6. The van der Waals surface area contributed by atoms with Crippen molar-refractivity contribution in [3.8, 4) is 0 Å². The van der Waals surface area contributed by atoms with Gasteiger partial charge in [-0.3, -0.25) is 4.99 Å². The van der Waals surface area contributed by atoms with Crippen LogP contribution in [0.3, 0.4) is 0 Å². The normalized spacial score (nSPS) is 16.4. The standard InChI is InChI=1S/C20H33Cl2N5.HI/c1-4-23-20(26(3)16-17-7-8-18(21)19(22)15-17)24-9-5-11-27-12-6-10-25(2)13-14-27;/h7-8,15H,4-6,9-14,16H2,1-3H3,(H,23,24);1H. The molecule has 5 nitrogen and oxygen atoms in total. The highest BCUT2D eigenvalue weighted by Gasteiger charge is 2.12. The van der Waals surface area contributed by atoms with E-state index >= 15 is 0 Å². The van der Waals surface area contributed by atoms with Crippen molar-refractivity contribution in [2.45, 2.75) is 26.3 Å². The van der Waals surface area contributed by atoms with Gasteiger partial charge in [0.1, 0.15) is 0 Å². The van der Waals surface area contributed by atoms with Gasteiger partial charge in [-0.2, -0.15) is 0 Å². The van der Waals surface area contributed by atoms with Crippen molar-refractivity contribution >= 4 is 53.1 Å². The van der Waals surface area contributed by atoms with Crippen LogP contribution in [-0.4, -0.2) is 80.6 Å². The lowest BCUT2D eigenvalue weighted by Gasteiger charge is -2.23. The zero-order valence-corrected chi connectivity index (χ0v) is 21.1. The van der Waals surface area contributed by atoms with Crippen LogP contribution in [-0.2, 0) is 6.54 Å². The fourth-order valence-electron chi connectivity index (χ4n) is 3.26. The highest BCUT2D eigenvalue weighted by Crippen LogP contribution is 2.23. The molecule has 1 N–H and O–H groups in total. The van der Waals surface area contributed by atoms with Gasteiger partial charge in [-0.1, -0.05) is 29.3 Å². The smallest absolute Gasteiger partial charge is 0.193 e. The van der Waals surface area contributed by atoms with Crippen molar-refractivity contribution in [3.05, 3.63) is 33.8 Å². The van der Waals surface area contributed by atoms with Gasteiger partial charge >= 0.3 is 0 Å². The number of hydrogen-bond acceptors (Lipinski definition) is 3. The molecule has 1 aromatic carbocycles. The molecule has 1 saturated heterocycles. The van der Waals surface area contributed by atoms with E-state index in [1.807, 2.05) is 18.2 Å². The minimum absolute atomic E-state index is 0. The SMILES string of the molecule is CCNC(=NCCCN1CCCN(C)CC1)N(C)Cc1ccc(Cl)c(Cl)c1.I. The number of guanidine groups is 1. The molecular weight excluding hydrogens is 508 g/mol. The first-order valence-electron chi connectivity index (χ1n) is 9.84. The third kappa shape index (κ3) is 9.03. The predicted molar refractivity (Wildman–Crippen MR) is 132 cm³/mol. The molecule has 0 radical (unpaired) electrons. The molecule has 0 aromatic heterocycles. The summed E-state index contributed by atoms with van der Waals surface area (Å²) in [6.45, 7) is 10.4. The fourth-order valence-corrected chi connectivity index (χ4v) is 3.58. The van der Waals surface area contributed by atoms with Crippen LogP contribution in [0.15, 0.2) is 23.2 Å². The molecule has 1 aliphatic heterocycles. The summed E-state index contributed by atoms with van der Waals surface area (Å²) in [6, 6.07) is 5.76. The van der Waals surface area contributed by atoms with Gasteiger partial charge in [0, 0.05) is 39.8 Å². The van der Waals surface area contributed by atoms with E-state index in [0.717, 1.165) is 57.2 Å². The van der Waals surface area contributed by atoms with E-state index in [1.165, 1.54) is 19.5 Å². The van der Waals surface area contributed by atoms with E-state index in [0.29, 0.717) is 10.0 Å². The Morgan fingerprint density at radius 2 is 1.96 bits per heavy atom. The average Bonchev–Trinajstić information content (AvgIpc) is 2.85. The maximum Gasteiger partial charge on any atom is 0.193 e. The second kappa shape index (κ2) is 13.9. The van der Waals surface area contributed by atoms with Crippen LogP contribution in [0.25, 0.3) is 0 Å². The number of likely N-dealkylation sites (N-methyl/N-ethyl adjacent to an activating group) is 1. The zero-order valence-electron chi connectivity index (χ0n) is 17.3. The van der Waals surface area contributed by atoms with E-state index in [9.17, 15) is 0 Å². The fraction of sp³-hybridized carbons (Fsp3) is 0.650. The number of nitrogens with zero attached hydrogens (tertiary/aromatic N) is 4. The predicted octanol–water partition coefficient (Wildman–Crippen LogP) is 4.04. The lowest BCUT2D eigenvalue weighted by atomic mass is 10.2. The highest BCUT2D eigenvalue weighted by atomic mass is 127. The minimum atomic E-state index is 0. The van der Waals surface area contributed by atoms with E-state index in [4.69, 9.17) is 28.2 Å². The Morgan fingerprint density at radius 3 is 2.68 bits per heavy atom. The van der Waals surface area contributed by atoms with Crippen molar-refractivity contribution in [1.82, 2.24) is 20.0 Å². The monoisotopic (exact) mass is 541 g/mol. The first-order chi connectivity index (χ1) is 13.0. The molecule has 1 aromatic rings. The van der Waals surface area contributed by atoms with Crippen molar-refractivity contribution < 1.29 is 0 Å². The molecular formula is C20H34Cl2IN5. The highest BCUT2D eigenvalue weighted by molar-refractivity contribution is 14.0. The van der Waals surface area contributed by atoms with Crippen LogP contribution in [0.5, 0.6) is 0 Å². The first kappa shape index (κ1) is 25.8. The Kier molecular flexibility index (Phi) is 12.7. The van der Waals surface area contributed by atoms with Crippen LogP contribution in [0.4, 0.5) is 0 Å². The molecule has 2 rings (SSSR count). The molecule has 1 fully saturated rings. The van der Waals surface area contributed by atoms with Gasteiger partial charge in [-0.25, -0.2) is 0 Å². The Hall–Kier alpha value is -0.280. The third-order valence-corrected chi connectivity index (χ3v) is 5.55. The molecule has 8 heteroatoms. The van der Waals surface area contributed by atoms with Gasteiger partial charge in [0.15, 0.2) is 5.96 Å². The Morgan fingerprint density at radius 1 is 1.18 bits per heavy atom.